The molecule has 3 nitrogen and oxygen atoms in total. The van der Waals surface area contributed by atoms with E-state index in [1.807, 2.05) is 0 Å². The highest BCUT2D eigenvalue weighted by molar-refractivity contribution is 6.30. The third-order valence-corrected chi connectivity index (χ3v) is 10.6. The van der Waals surface area contributed by atoms with Crippen LogP contribution in [-0.4, -0.2) is 13.7 Å². The Morgan fingerprint density at radius 3 is 1.24 bits per heavy atom. The minimum absolute atomic E-state index is 1.15. The van der Waals surface area contributed by atoms with Crippen molar-refractivity contribution in [2.75, 3.05) is 0 Å². The molecule has 0 saturated carbocycles. The maximum Gasteiger partial charge on any atom is 0.0647 e. The van der Waals surface area contributed by atoms with Gasteiger partial charge in [-0.05, 0) is 77.9 Å². The summed E-state index contributed by atoms with van der Waals surface area (Å²) in [5.74, 6) is 0. The van der Waals surface area contributed by atoms with E-state index in [-0.39, 0.29) is 0 Å². The van der Waals surface area contributed by atoms with Gasteiger partial charge >= 0.3 is 0 Å². The van der Waals surface area contributed by atoms with Gasteiger partial charge in [-0.25, -0.2) is 0 Å². The number of hydrogen-bond donors (Lipinski definition) is 0. The molecule has 0 N–H and O–H groups in total. The van der Waals surface area contributed by atoms with Crippen molar-refractivity contribution in [2.24, 2.45) is 0 Å². The predicted octanol–water partition coefficient (Wildman–Crippen LogP) is 12.6. The molecule has 0 aliphatic rings. The Balaban J connectivity index is 1.27. The van der Waals surface area contributed by atoms with E-state index in [1.54, 1.807) is 0 Å². The summed E-state index contributed by atoms with van der Waals surface area (Å²) >= 11 is 0. The first-order valence-electron chi connectivity index (χ1n) is 17.5. The number of benzene rings is 8. The van der Waals surface area contributed by atoms with E-state index in [4.69, 9.17) is 0 Å². The highest BCUT2D eigenvalue weighted by Gasteiger charge is 2.24. The Labute approximate surface area is 294 Å². The second-order valence-corrected chi connectivity index (χ2v) is 13.3. The number of aromatic nitrogens is 3. The normalized spacial score (nSPS) is 11.9. The molecule has 0 aliphatic heterocycles. The fraction of sp³-hybridized carbons (Fsp3) is 0. The van der Waals surface area contributed by atoms with Gasteiger partial charge in [0.25, 0.3) is 0 Å². The van der Waals surface area contributed by atoms with Crippen LogP contribution in [0.1, 0.15) is 0 Å². The molecular formula is C48H31N3. The summed E-state index contributed by atoms with van der Waals surface area (Å²) in [5.41, 5.74) is 13.1. The van der Waals surface area contributed by atoms with Gasteiger partial charge in [-0.2, -0.15) is 0 Å². The molecule has 0 bridgehead atoms. The topological polar surface area (TPSA) is 14.8 Å². The number of fused-ring (bicyclic) bond motifs is 10. The van der Waals surface area contributed by atoms with E-state index in [9.17, 15) is 0 Å². The molecule has 0 atom stereocenters. The lowest BCUT2D eigenvalue weighted by atomic mass is 9.96. The van der Waals surface area contributed by atoms with Crippen LogP contribution in [0.3, 0.4) is 0 Å². The molecule has 0 radical (unpaired) electrons. The summed E-state index contributed by atoms with van der Waals surface area (Å²) < 4.78 is 7.31. The molecule has 11 aromatic rings. The molecule has 51 heavy (non-hydrogen) atoms. The quantitative estimate of drug-likeness (QED) is 0.180. The molecule has 0 aliphatic carbocycles. The first kappa shape index (κ1) is 28.0. The molecule has 0 spiro atoms. The van der Waals surface area contributed by atoms with Gasteiger partial charge in [0.1, 0.15) is 0 Å². The van der Waals surface area contributed by atoms with Crippen LogP contribution in [0.2, 0.25) is 0 Å². The summed E-state index contributed by atoms with van der Waals surface area (Å²) in [6, 6.07) is 68.4. The minimum atomic E-state index is 1.15. The molecule has 3 heterocycles. The molecule has 8 aromatic carbocycles. The lowest BCUT2D eigenvalue weighted by molar-refractivity contribution is 1.17. The maximum atomic E-state index is 2.48. The van der Waals surface area contributed by atoms with Gasteiger partial charge in [-0.3, -0.25) is 0 Å². The molecule has 0 amide bonds. The summed E-state index contributed by atoms with van der Waals surface area (Å²) in [5, 5.41) is 7.56. The maximum absolute atomic E-state index is 2.48. The lowest BCUT2D eigenvalue weighted by Crippen LogP contribution is -1.96. The van der Waals surface area contributed by atoms with Crippen molar-refractivity contribution in [2.45, 2.75) is 0 Å². The SMILES string of the molecule is c1ccc(-n2c3ccccc3c3c2cc(-c2ccc(-n4c5ccccc5c5ccccc54)cc2)c2c4ccccc4n(-c4ccccc4)c23)cc1. The zero-order chi connectivity index (χ0) is 33.5. The summed E-state index contributed by atoms with van der Waals surface area (Å²) in [4.78, 5) is 0. The monoisotopic (exact) mass is 649 g/mol. The third-order valence-electron chi connectivity index (χ3n) is 10.6. The Hall–Kier alpha value is -6.84. The van der Waals surface area contributed by atoms with E-state index in [0.29, 0.717) is 0 Å². The van der Waals surface area contributed by atoms with Crippen LogP contribution in [0.4, 0.5) is 0 Å². The van der Waals surface area contributed by atoms with Crippen LogP contribution >= 0.6 is 0 Å². The van der Waals surface area contributed by atoms with Crippen LogP contribution in [0, 0.1) is 0 Å². The molecule has 0 saturated heterocycles. The second kappa shape index (κ2) is 10.8. The first-order chi connectivity index (χ1) is 25.3. The van der Waals surface area contributed by atoms with Crippen LogP contribution in [0.25, 0.3) is 93.6 Å². The van der Waals surface area contributed by atoms with Gasteiger partial charge in [0.2, 0.25) is 0 Å². The van der Waals surface area contributed by atoms with Crippen LogP contribution in [0.15, 0.2) is 188 Å². The van der Waals surface area contributed by atoms with Gasteiger partial charge in [-0.15, -0.1) is 0 Å². The highest BCUT2D eigenvalue weighted by Crippen LogP contribution is 2.46. The Morgan fingerprint density at radius 2 is 0.667 bits per heavy atom. The zero-order valence-electron chi connectivity index (χ0n) is 27.7. The summed E-state index contributed by atoms with van der Waals surface area (Å²) in [7, 11) is 0. The number of rotatable bonds is 4. The Kier molecular flexibility index (Phi) is 5.96. The Bertz CT molecular complexity index is 3050. The fourth-order valence-corrected chi connectivity index (χ4v) is 8.52. The van der Waals surface area contributed by atoms with Crippen LogP contribution in [0.5, 0.6) is 0 Å². The van der Waals surface area contributed by atoms with Gasteiger partial charge in [-0.1, -0.05) is 121 Å². The van der Waals surface area contributed by atoms with E-state index in [2.05, 4.69) is 202 Å². The van der Waals surface area contributed by atoms with E-state index in [0.717, 1.165) is 17.1 Å². The molecule has 238 valence electrons. The smallest absolute Gasteiger partial charge is 0.0647 e. The summed E-state index contributed by atoms with van der Waals surface area (Å²) in [6.45, 7) is 0. The van der Waals surface area contributed by atoms with Gasteiger partial charge < -0.3 is 13.7 Å². The molecule has 3 aromatic heterocycles. The molecule has 3 heteroatoms. The van der Waals surface area contributed by atoms with Crippen molar-refractivity contribution >= 4 is 65.4 Å². The molecule has 0 unspecified atom stereocenters. The van der Waals surface area contributed by atoms with Crippen molar-refractivity contribution in [1.29, 1.82) is 0 Å². The van der Waals surface area contributed by atoms with Crippen molar-refractivity contribution in [3.8, 4) is 28.2 Å². The third kappa shape index (κ3) is 4.00. The van der Waals surface area contributed by atoms with Gasteiger partial charge in [0.05, 0.1) is 33.1 Å². The summed E-state index contributed by atoms with van der Waals surface area (Å²) in [6.07, 6.45) is 0. The minimum Gasteiger partial charge on any atom is -0.309 e. The molecular weight excluding hydrogens is 619 g/mol. The van der Waals surface area contributed by atoms with E-state index in [1.165, 1.54) is 76.5 Å². The average Bonchev–Trinajstić information content (AvgIpc) is 3.84. The van der Waals surface area contributed by atoms with Gasteiger partial charge in [0, 0.05) is 49.4 Å². The number of hydrogen-bond acceptors (Lipinski definition) is 0. The largest absolute Gasteiger partial charge is 0.309 e. The Morgan fingerprint density at radius 1 is 0.275 bits per heavy atom. The van der Waals surface area contributed by atoms with Crippen LogP contribution in [-0.2, 0) is 0 Å². The van der Waals surface area contributed by atoms with Gasteiger partial charge in [0.15, 0.2) is 0 Å². The average molecular weight is 650 g/mol. The highest BCUT2D eigenvalue weighted by atomic mass is 15.0. The van der Waals surface area contributed by atoms with E-state index >= 15 is 0 Å². The second-order valence-electron chi connectivity index (χ2n) is 13.3. The number of nitrogens with zero attached hydrogens (tertiary/aromatic N) is 3. The van der Waals surface area contributed by atoms with Crippen molar-refractivity contribution in [3.63, 3.8) is 0 Å². The van der Waals surface area contributed by atoms with Crippen molar-refractivity contribution in [1.82, 2.24) is 13.7 Å². The van der Waals surface area contributed by atoms with E-state index < -0.39 is 0 Å². The molecule has 0 fully saturated rings. The lowest BCUT2D eigenvalue weighted by Gasteiger charge is -2.14. The van der Waals surface area contributed by atoms with Crippen molar-refractivity contribution < 1.29 is 0 Å². The first-order valence-corrected chi connectivity index (χ1v) is 17.5. The molecule has 11 rings (SSSR count). The zero-order valence-corrected chi connectivity index (χ0v) is 27.7. The van der Waals surface area contributed by atoms with Crippen molar-refractivity contribution in [3.05, 3.63) is 188 Å². The standard InChI is InChI=1S/C48H31N3/c1-3-15-33(16-4-1)50-43-25-13-10-22-39(43)47-45(50)31-40(46-38-21-9-14-26-44(38)51(48(46)47)34-17-5-2-6-18-34)32-27-29-35(30-28-32)49-41-23-11-7-19-36(41)37-20-8-12-24-42(37)49/h1-31H. The number of para-hydroxylation sites is 6. The fourth-order valence-electron chi connectivity index (χ4n) is 8.52. The predicted molar refractivity (Wildman–Crippen MR) is 215 cm³/mol. The van der Waals surface area contributed by atoms with Crippen LogP contribution < -0.4 is 0 Å².